The number of hydrogen-bond donors (Lipinski definition) is 1. The molecule has 0 aliphatic rings. The van der Waals surface area contributed by atoms with Crippen molar-refractivity contribution in [3.05, 3.63) is 0 Å². The lowest BCUT2D eigenvalue weighted by Crippen LogP contribution is -2.06. The van der Waals surface area contributed by atoms with E-state index in [0.717, 1.165) is 31.6 Å². The molecule has 0 aromatic rings. The lowest BCUT2D eigenvalue weighted by atomic mass is 10.0. The minimum atomic E-state index is 0.609. The third-order valence-electron chi connectivity index (χ3n) is 1.87. The first-order chi connectivity index (χ1) is 5.74. The molecular weight excluding hydrogens is 150 g/mol. The van der Waals surface area contributed by atoms with E-state index in [1.165, 1.54) is 0 Å². The van der Waals surface area contributed by atoms with Crippen molar-refractivity contribution in [3.63, 3.8) is 0 Å². The highest BCUT2D eigenvalue weighted by atomic mass is 14.9. The predicted octanol–water partition coefficient (Wildman–Crippen LogP) is 1.48. The van der Waals surface area contributed by atoms with Gasteiger partial charge in [0, 0.05) is 13.5 Å². The molecule has 0 radical (unpaired) electrons. The number of aliphatic imine (C=N–C) groups is 2. The Morgan fingerprint density at radius 1 is 1.58 bits per heavy atom. The number of nitrogens with two attached hydrogens (primary N) is 1. The minimum Gasteiger partial charge on any atom is -0.330 e. The fraction of sp³-hybridized carbons (Fsp3) is 0.778. The number of hydrogen-bond acceptors (Lipinski definition) is 2. The molecular formula is C9H19N3. The Kier molecular flexibility index (Phi) is 6.57. The summed E-state index contributed by atoms with van der Waals surface area (Å²) in [5, 5.41) is 0. The van der Waals surface area contributed by atoms with Crippen LogP contribution in [0.25, 0.3) is 0 Å². The monoisotopic (exact) mass is 169 g/mol. The van der Waals surface area contributed by atoms with Crippen LogP contribution < -0.4 is 5.73 Å². The molecule has 0 aliphatic heterocycles. The Bertz CT molecular complexity index is 152. The van der Waals surface area contributed by atoms with Gasteiger partial charge in [-0.25, -0.2) is 4.99 Å². The van der Waals surface area contributed by atoms with E-state index in [2.05, 4.69) is 23.6 Å². The van der Waals surface area contributed by atoms with Crippen molar-refractivity contribution < 1.29 is 0 Å². The van der Waals surface area contributed by atoms with Gasteiger partial charge in [-0.05, 0) is 32.0 Å². The maximum atomic E-state index is 5.41. The van der Waals surface area contributed by atoms with Crippen LogP contribution >= 0.6 is 0 Å². The van der Waals surface area contributed by atoms with Crippen LogP contribution in [-0.2, 0) is 0 Å². The lowest BCUT2D eigenvalue weighted by molar-refractivity contribution is 0.531. The summed E-state index contributed by atoms with van der Waals surface area (Å²) in [5.74, 6) is 1.46. The molecule has 0 aromatic carbocycles. The van der Waals surface area contributed by atoms with E-state index in [9.17, 15) is 0 Å². The van der Waals surface area contributed by atoms with Crippen LogP contribution in [0.5, 0.6) is 0 Å². The van der Waals surface area contributed by atoms with E-state index in [1.807, 2.05) is 0 Å². The van der Waals surface area contributed by atoms with Gasteiger partial charge in [-0.2, -0.15) is 0 Å². The molecule has 0 aromatic heterocycles. The van der Waals surface area contributed by atoms with Gasteiger partial charge in [0.15, 0.2) is 0 Å². The molecule has 0 rings (SSSR count). The molecule has 12 heavy (non-hydrogen) atoms. The van der Waals surface area contributed by atoms with Crippen LogP contribution in [-0.4, -0.2) is 26.1 Å². The maximum absolute atomic E-state index is 5.41. The summed E-state index contributed by atoms with van der Waals surface area (Å²) in [4.78, 5) is 7.83. The smallest absolute Gasteiger partial charge is 0.122 e. The predicted molar refractivity (Wildman–Crippen MR) is 55.0 cm³/mol. The fourth-order valence-electron chi connectivity index (χ4n) is 1.11. The molecule has 70 valence electrons. The van der Waals surface area contributed by atoms with Crippen LogP contribution in [0.2, 0.25) is 0 Å². The molecule has 1 unspecified atom stereocenters. The van der Waals surface area contributed by atoms with Crippen molar-refractivity contribution in [1.29, 1.82) is 0 Å². The molecule has 3 heteroatoms. The second kappa shape index (κ2) is 6.98. The van der Waals surface area contributed by atoms with Gasteiger partial charge in [0.05, 0.1) is 0 Å². The van der Waals surface area contributed by atoms with Crippen LogP contribution in [0.4, 0.5) is 0 Å². The molecule has 3 nitrogen and oxygen atoms in total. The Hall–Kier alpha value is -0.700. The van der Waals surface area contributed by atoms with E-state index in [0.29, 0.717) is 5.92 Å². The third-order valence-corrected chi connectivity index (χ3v) is 1.87. The van der Waals surface area contributed by atoms with E-state index < -0.39 is 0 Å². The molecule has 0 saturated carbocycles. The molecule has 2 N–H and O–H groups in total. The summed E-state index contributed by atoms with van der Waals surface area (Å²) in [6, 6.07) is 0. The van der Waals surface area contributed by atoms with Crippen LogP contribution in [0, 0.1) is 5.92 Å². The molecule has 1 atom stereocenters. The number of rotatable bonds is 5. The summed E-state index contributed by atoms with van der Waals surface area (Å²) < 4.78 is 0. The van der Waals surface area contributed by atoms with E-state index in [4.69, 9.17) is 5.73 Å². The van der Waals surface area contributed by atoms with Gasteiger partial charge < -0.3 is 5.73 Å². The molecule has 0 saturated heterocycles. The number of amidine groups is 1. The Morgan fingerprint density at radius 2 is 2.25 bits per heavy atom. The van der Waals surface area contributed by atoms with Gasteiger partial charge in [-0.15, -0.1) is 0 Å². The molecule has 0 aliphatic carbocycles. The van der Waals surface area contributed by atoms with Gasteiger partial charge in [0.1, 0.15) is 5.84 Å². The average molecular weight is 169 g/mol. The molecule has 0 fully saturated rings. The first-order valence-electron chi connectivity index (χ1n) is 4.37. The van der Waals surface area contributed by atoms with Crippen LogP contribution in [0.15, 0.2) is 9.98 Å². The van der Waals surface area contributed by atoms with Gasteiger partial charge in [-0.3, -0.25) is 4.99 Å². The van der Waals surface area contributed by atoms with Crippen LogP contribution in [0.3, 0.4) is 0 Å². The zero-order chi connectivity index (χ0) is 9.40. The van der Waals surface area contributed by atoms with Crippen molar-refractivity contribution >= 4 is 12.6 Å². The van der Waals surface area contributed by atoms with Crippen molar-refractivity contribution in [2.75, 3.05) is 13.6 Å². The van der Waals surface area contributed by atoms with Gasteiger partial charge >= 0.3 is 0 Å². The zero-order valence-electron chi connectivity index (χ0n) is 8.08. The normalized spacial score (nSPS) is 14.4. The first-order valence-corrected chi connectivity index (χ1v) is 4.37. The standard InChI is InChI=1S/C9H19N3/c1-8(5-4-6-10)7-9(11-2)12-3/h8H,2,4-7,10H2,1,3H3. The molecule has 0 amide bonds. The SMILES string of the molecule is C=NC(CC(C)CCCN)=NC. The highest BCUT2D eigenvalue weighted by molar-refractivity contribution is 5.86. The quantitative estimate of drug-likeness (QED) is 0.492. The van der Waals surface area contributed by atoms with Crippen molar-refractivity contribution in [3.8, 4) is 0 Å². The van der Waals surface area contributed by atoms with Crippen LogP contribution in [0.1, 0.15) is 26.2 Å². The third kappa shape index (κ3) is 5.02. The first kappa shape index (κ1) is 11.3. The van der Waals surface area contributed by atoms with E-state index in [1.54, 1.807) is 7.05 Å². The van der Waals surface area contributed by atoms with Gasteiger partial charge in [0.25, 0.3) is 0 Å². The molecule has 0 heterocycles. The van der Waals surface area contributed by atoms with Crippen molar-refractivity contribution in [1.82, 2.24) is 0 Å². The second-order valence-corrected chi connectivity index (χ2v) is 3.04. The second-order valence-electron chi connectivity index (χ2n) is 3.04. The Labute approximate surface area is 74.8 Å². The van der Waals surface area contributed by atoms with Crippen molar-refractivity contribution in [2.24, 2.45) is 21.6 Å². The minimum absolute atomic E-state index is 0.609. The highest BCUT2D eigenvalue weighted by Gasteiger charge is 2.04. The lowest BCUT2D eigenvalue weighted by Gasteiger charge is -2.08. The van der Waals surface area contributed by atoms with Crippen molar-refractivity contribution in [2.45, 2.75) is 26.2 Å². The number of nitrogens with zero attached hydrogens (tertiary/aromatic N) is 2. The molecule has 0 bridgehead atoms. The summed E-state index contributed by atoms with van der Waals surface area (Å²) >= 11 is 0. The fourth-order valence-corrected chi connectivity index (χ4v) is 1.11. The Balaban J connectivity index is 3.66. The van der Waals surface area contributed by atoms with Gasteiger partial charge in [0.2, 0.25) is 0 Å². The van der Waals surface area contributed by atoms with Gasteiger partial charge in [-0.1, -0.05) is 6.92 Å². The highest BCUT2D eigenvalue weighted by Crippen LogP contribution is 2.10. The summed E-state index contributed by atoms with van der Waals surface area (Å²) in [7, 11) is 1.75. The maximum Gasteiger partial charge on any atom is 0.122 e. The summed E-state index contributed by atoms with van der Waals surface area (Å²) in [6.45, 7) is 6.41. The summed E-state index contributed by atoms with van der Waals surface area (Å²) in [5.41, 5.74) is 5.41. The summed E-state index contributed by atoms with van der Waals surface area (Å²) in [6.07, 6.45) is 3.14. The van der Waals surface area contributed by atoms with E-state index >= 15 is 0 Å². The average Bonchev–Trinajstić information content (AvgIpc) is 2.10. The topological polar surface area (TPSA) is 50.7 Å². The zero-order valence-corrected chi connectivity index (χ0v) is 8.08. The van der Waals surface area contributed by atoms with E-state index in [-0.39, 0.29) is 0 Å². The largest absolute Gasteiger partial charge is 0.330 e. The molecule has 0 spiro atoms. The Morgan fingerprint density at radius 3 is 2.67 bits per heavy atom.